The van der Waals surface area contributed by atoms with E-state index in [1.165, 1.54) is 0 Å². The van der Waals surface area contributed by atoms with E-state index < -0.39 is 0 Å². The SMILES string of the molecule is CC1(C)Nc2cccc3c(N=Nc4ccc(N=Nc5ccc(CCOC(=O)CCC(=O)NCCCCN)cc5)c5ccccc45)ccc(c23)N1. The number of benzene rings is 5. The Balaban J connectivity index is 1.07. The lowest BCUT2D eigenvalue weighted by Crippen LogP contribution is -2.41. The van der Waals surface area contributed by atoms with Crippen molar-refractivity contribution in [2.45, 2.75) is 51.6 Å². The third-order valence-electron chi connectivity index (χ3n) is 8.43. The first-order valence-corrected chi connectivity index (χ1v) is 17.0. The van der Waals surface area contributed by atoms with Crippen LogP contribution in [-0.4, -0.2) is 37.2 Å². The van der Waals surface area contributed by atoms with Crippen LogP contribution in [0.25, 0.3) is 21.5 Å². The van der Waals surface area contributed by atoms with Crippen LogP contribution < -0.4 is 21.7 Å². The van der Waals surface area contributed by atoms with E-state index in [4.69, 9.17) is 15.6 Å². The topological polar surface area (TPSA) is 155 Å². The number of nitrogens with two attached hydrogens (primary N) is 1. The molecule has 5 aromatic carbocycles. The minimum atomic E-state index is -0.386. The molecule has 0 saturated heterocycles. The second kappa shape index (κ2) is 15.7. The summed E-state index contributed by atoms with van der Waals surface area (Å²) in [5.41, 5.74) is 11.3. The molecule has 5 aromatic rings. The smallest absolute Gasteiger partial charge is 0.306 e. The number of rotatable bonds is 14. The number of esters is 1. The van der Waals surface area contributed by atoms with Crippen molar-refractivity contribution in [3.8, 4) is 0 Å². The van der Waals surface area contributed by atoms with E-state index >= 15 is 0 Å². The third-order valence-corrected chi connectivity index (χ3v) is 8.43. The van der Waals surface area contributed by atoms with Gasteiger partial charge in [0.15, 0.2) is 0 Å². The molecule has 0 aliphatic carbocycles. The summed E-state index contributed by atoms with van der Waals surface area (Å²) in [5.74, 6) is -0.541. The van der Waals surface area contributed by atoms with Gasteiger partial charge in [-0.25, -0.2) is 0 Å². The number of amides is 1. The number of nitrogens with one attached hydrogen (secondary N) is 3. The fourth-order valence-electron chi connectivity index (χ4n) is 5.94. The van der Waals surface area contributed by atoms with Gasteiger partial charge in [0.2, 0.25) is 5.91 Å². The number of fused-ring (bicyclic) bond motifs is 1. The number of unbranched alkanes of at least 4 members (excludes halogenated alkanes) is 1. The average Bonchev–Trinajstić information content (AvgIpc) is 3.11. The van der Waals surface area contributed by atoms with Crippen molar-refractivity contribution in [1.29, 1.82) is 0 Å². The van der Waals surface area contributed by atoms with E-state index in [9.17, 15) is 9.59 Å². The molecule has 256 valence electrons. The van der Waals surface area contributed by atoms with Gasteiger partial charge in [-0.15, -0.1) is 15.3 Å². The summed E-state index contributed by atoms with van der Waals surface area (Å²) in [4.78, 5) is 23.9. The molecule has 0 radical (unpaired) electrons. The predicted molar refractivity (Wildman–Crippen MR) is 199 cm³/mol. The Bertz CT molecular complexity index is 2040. The predicted octanol–water partition coefficient (Wildman–Crippen LogP) is 9.12. The summed E-state index contributed by atoms with van der Waals surface area (Å²) >= 11 is 0. The zero-order chi connectivity index (χ0) is 34.9. The highest BCUT2D eigenvalue weighted by Crippen LogP contribution is 2.42. The van der Waals surface area contributed by atoms with Gasteiger partial charge in [0, 0.05) is 52.3 Å². The first-order valence-electron chi connectivity index (χ1n) is 17.0. The van der Waals surface area contributed by atoms with Crippen molar-refractivity contribution in [3.63, 3.8) is 0 Å². The van der Waals surface area contributed by atoms with Crippen LogP contribution in [0.3, 0.4) is 0 Å². The molecule has 0 unspecified atom stereocenters. The number of nitrogens with zero attached hydrogens (tertiary/aromatic N) is 4. The molecule has 11 heteroatoms. The summed E-state index contributed by atoms with van der Waals surface area (Å²) in [6.07, 6.45) is 2.42. The van der Waals surface area contributed by atoms with Gasteiger partial charge in [-0.3, -0.25) is 9.59 Å². The maximum absolute atomic E-state index is 12.0. The maximum Gasteiger partial charge on any atom is 0.306 e. The Morgan fingerprint density at radius 2 is 1.34 bits per heavy atom. The van der Waals surface area contributed by atoms with Crippen molar-refractivity contribution in [2.24, 2.45) is 26.2 Å². The van der Waals surface area contributed by atoms with Gasteiger partial charge in [0.1, 0.15) is 5.66 Å². The lowest BCUT2D eigenvalue weighted by atomic mass is 10.00. The zero-order valence-electron chi connectivity index (χ0n) is 28.4. The summed E-state index contributed by atoms with van der Waals surface area (Å²) in [6, 6.07) is 29.7. The molecule has 0 atom stereocenters. The number of carbonyl (C=O) groups is 2. The van der Waals surface area contributed by atoms with E-state index in [-0.39, 0.29) is 37.0 Å². The fourth-order valence-corrected chi connectivity index (χ4v) is 5.94. The number of carbonyl (C=O) groups excluding carboxylic acids is 2. The molecule has 5 N–H and O–H groups in total. The molecule has 1 aliphatic heterocycles. The number of anilines is 2. The molecule has 0 saturated carbocycles. The van der Waals surface area contributed by atoms with Crippen molar-refractivity contribution >= 4 is 67.5 Å². The summed E-state index contributed by atoms with van der Waals surface area (Å²) in [5, 5.41) is 32.3. The van der Waals surface area contributed by atoms with Gasteiger partial charge >= 0.3 is 5.97 Å². The Hall–Kier alpha value is -5.68. The molecule has 0 spiro atoms. The van der Waals surface area contributed by atoms with E-state index in [2.05, 4.69) is 63.3 Å². The van der Waals surface area contributed by atoms with Crippen LogP contribution in [0.1, 0.15) is 45.1 Å². The van der Waals surface area contributed by atoms with Gasteiger partial charge < -0.3 is 26.4 Å². The van der Waals surface area contributed by atoms with Crippen molar-refractivity contribution in [2.75, 3.05) is 30.3 Å². The quantitative estimate of drug-likeness (QED) is 0.0525. The highest BCUT2D eigenvalue weighted by Gasteiger charge is 2.25. The molecule has 50 heavy (non-hydrogen) atoms. The first kappa shape index (κ1) is 34.2. The van der Waals surface area contributed by atoms with E-state index in [1.54, 1.807) is 0 Å². The van der Waals surface area contributed by atoms with Crippen LogP contribution in [0, 0.1) is 0 Å². The summed E-state index contributed by atoms with van der Waals surface area (Å²) in [6.45, 7) is 5.63. The Labute approximate surface area is 291 Å². The number of ether oxygens (including phenoxy) is 1. The van der Waals surface area contributed by atoms with Crippen LogP contribution in [0.15, 0.2) is 111 Å². The summed E-state index contributed by atoms with van der Waals surface area (Å²) < 4.78 is 5.31. The molecule has 1 amide bonds. The normalized spacial score (nSPS) is 13.4. The van der Waals surface area contributed by atoms with Crippen LogP contribution in [0.4, 0.5) is 34.1 Å². The lowest BCUT2D eigenvalue weighted by Gasteiger charge is -2.36. The number of hydrogen-bond donors (Lipinski definition) is 4. The van der Waals surface area contributed by atoms with Crippen molar-refractivity contribution in [3.05, 3.63) is 96.6 Å². The van der Waals surface area contributed by atoms with Gasteiger partial charge in [0.25, 0.3) is 0 Å². The second-order valence-electron chi connectivity index (χ2n) is 12.8. The zero-order valence-corrected chi connectivity index (χ0v) is 28.4. The van der Waals surface area contributed by atoms with E-state index in [1.807, 2.05) is 72.8 Å². The van der Waals surface area contributed by atoms with Gasteiger partial charge in [-0.2, -0.15) is 5.11 Å². The molecule has 1 aliphatic rings. The maximum atomic E-state index is 12.0. The molecule has 0 aromatic heterocycles. The van der Waals surface area contributed by atoms with Crippen molar-refractivity contribution < 1.29 is 14.3 Å². The van der Waals surface area contributed by atoms with Crippen LogP contribution in [-0.2, 0) is 20.7 Å². The summed E-state index contributed by atoms with van der Waals surface area (Å²) in [7, 11) is 0. The molecular formula is C39H42N8O3. The highest BCUT2D eigenvalue weighted by molar-refractivity contribution is 6.09. The second-order valence-corrected chi connectivity index (χ2v) is 12.8. The van der Waals surface area contributed by atoms with Gasteiger partial charge in [-0.05, 0) is 81.3 Å². The molecule has 11 nitrogen and oxygen atoms in total. The Morgan fingerprint density at radius 3 is 2.04 bits per heavy atom. The monoisotopic (exact) mass is 670 g/mol. The van der Waals surface area contributed by atoms with Crippen LogP contribution >= 0.6 is 0 Å². The van der Waals surface area contributed by atoms with Crippen LogP contribution in [0.2, 0.25) is 0 Å². The third kappa shape index (κ3) is 8.48. The van der Waals surface area contributed by atoms with Crippen molar-refractivity contribution in [1.82, 2.24) is 5.32 Å². The molecule has 6 rings (SSSR count). The highest BCUT2D eigenvalue weighted by atomic mass is 16.5. The fraction of sp³-hybridized carbons (Fsp3) is 0.282. The van der Waals surface area contributed by atoms with E-state index in [0.717, 1.165) is 68.4 Å². The van der Waals surface area contributed by atoms with Gasteiger partial charge in [-0.1, -0.05) is 48.5 Å². The minimum Gasteiger partial charge on any atom is -0.465 e. The Kier molecular flexibility index (Phi) is 10.7. The molecule has 0 fully saturated rings. The largest absolute Gasteiger partial charge is 0.465 e. The number of azo groups is 2. The van der Waals surface area contributed by atoms with Crippen LogP contribution in [0.5, 0.6) is 0 Å². The lowest BCUT2D eigenvalue weighted by molar-refractivity contribution is -0.144. The molecular weight excluding hydrogens is 628 g/mol. The Morgan fingerprint density at radius 1 is 0.720 bits per heavy atom. The van der Waals surface area contributed by atoms with E-state index in [0.29, 0.717) is 25.2 Å². The molecule has 1 heterocycles. The molecule has 0 bridgehead atoms. The average molecular weight is 671 g/mol. The van der Waals surface area contributed by atoms with Gasteiger partial charge in [0.05, 0.1) is 35.8 Å². The number of hydrogen-bond acceptors (Lipinski definition) is 10. The first-order chi connectivity index (χ1) is 24.3. The standard InChI is InChI=1S/C39H42N8O3/c1-39(2)42-34-11-7-10-30-33(18-19-35(43-39)38(30)34)47-46-32-17-16-31(28-8-3-4-9-29(28)32)45-44-27-14-12-26(13-15-27)22-25-50-37(49)21-20-36(48)41-24-6-5-23-40/h3-4,7-19,42-43H,5-6,20-25,40H2,1-2H3,(H,41,48). The minimum absolute atomic E-state index is 0.0564.